The molecule has 1 nitrogen and oxygen atoms in total. The molecule has 0 heterocycles. The molecule has 4 aromatic rings. The minimum atomic E-state index is 0. The molecule has 0 aliphatic heterocycles. The molecule has 41 heavy (non-hydrogen) atoms. The topological polar surface area (TPSA) is 17.1 Å². The molecule has 0 aromatic heterocycles. The van der Waals surface area contributed by atoms with Crippen LogP contribution in [-0.4, -0.2) is 6.79 Å². The second kappa shape index (κ2) is 22.0. The standard InChI is InChI=1S/C24H26.C9H10.C4H8.C2H6.CH2O.H2/c1-3-10-20(21-11-5-4-6-12-21)18-17-19(2)23-16-9-14-22-13-7-8-15-24(22)23;1-3-9-6-4-8(2)5-7-9;1-2-4-3-1;2*1-2;/h3-9,11-16,19-20H,1,10,17-18H2,2H3;3-7H,1H2,2H3;1-4H2;1-2H3;1H2;1H. The molecule has 1 fully saturated rings. The highest BCUT2D eigenvalue weighted by Gasteiger charge is 2.14. The average molecular weight is 551 g/mol. The molecule has 0 spiro atoms. The van der Waals surface area contributed by atoms with Gasteiger partial charge in [0.1, 0.15) is 6.79 Å². The lowest BCUT2D eigenvalue weighted by atomic mass is 9.85. The number of carbonyl (C=O) groups is 1. The lowest BCUT2D eigenvalue weighted by Crippen LogP contribution is -2.02. The molecular weight excluding hydrogens is 496 g/mol. The molecule has 1 heteroatoms. The number of rotatable bonds is 8. The summed E-state index contributed by atoms with van der Waals surface area (Å²) in [6.45, 7) is 18.0. The largest absolute Gasteiger partial charge is 0.307 e. The third kappa shape index (κ3) is 13.0. The molecule has 5 rings (SSSR count). The van der Waals surface area contributed by atoms with Crippen LogP contribution in [0.15, 0.2) is 116 Å². The van der Waals surface area contributed by atoms with Gasteiger partial charge in [-0.1, -0.05) is 168 Å². The van der Waals surface area contributed by atoms with Gasteiger partial charge >= 0.3 is 0 Å². The summed E-state index contributed by atoms with van der Waals surface area (Å²) in [7, 11) is 0. The van der Waals surface area contributed by atoms with Gasteiger partial charge in [0.2, 0.25) is 0 Å². The molecule has 4 aromatic carbocycles. The van der Waals surface area contributed by atoms with Crippen LogP contribution in [0.5, 0.6) is 0 Å². The van der Waals surface area contributed by atoms with Gasteiger partial charge in [-0.15, -0.1) is 6.58 Å². The van der Waals surface area contributed by atoms with Crippen molar-refractivity contribution in [2.75, 3.05) is 0 Å². The van der Waals surface area contributed by atoms with E-state index in [4.69, 9.17) is 4.79 Å². The van der Waals surface area contributed by atoms with Crippen molar-refractivity contribution in [3.63, 3.8) is 0 Å². The van der Waals surface area contributed by atoms with Gasteiger partial charge in [0.05, 0.1) is 0 Å². The fourth-order valence-electron chi connectivity index (χ4n) is 4.59. The summed E-state index contributed by atoms with van der Waals surface area (Å²) in [5, 5.41) is 2.74. The molecule has 0 radical (unpaired) electrons. The second-order valence-electron chi connectivity index (χ2n) is 10.2. The number of fused-ring (bicyclic) bond motifs is 1. The van der Waals surface area contributed by atoms with E-state index >= 15 is 0 Å². The van der Waals surface area contributed by atoms with Crippen LogP contribution in [0.2, 0.25) is 0 Å². The number of hydrogen-bond donors (Lipinski definition) is 0. The van der Waals surface area contributed by atoms with Crippen molar-refractivity contribution in [2.24, 2.45) is 0 Å². The summed E-state index contributed by atoms with van der Waals surface area (Å²) < 4.78 is 0. The molecule has 2 unspecified atom stereocenters. The molecule has 1 aliphatic carbocycles. The summed E-state index contributed by atoms with van der Waals surface area (Å²) in [6.07, 6.45) is 13.3. The maximum atomic E-state index is 8.00. The Morgan fingerprint density at radius 2 is 1.29 bits per heavy atom. The Kier molecular flexibility index (Phi) is 19.0. The highest BCUT2D eigenvalue weighted by atomic mass is 16.1. The fraction of sp³-hybridized carbons (Fsp3) is 0.325. The van der Waals surface area contributed by atoms with Crippen LogP contribution in [0.1, 0.15) is 101 Å². The van der Waals surface area contributed by atoms with Gasteiger partial charge in [-0.3, -0.25) is 0 Å². The SMILES string of the molecule is C1CCC1.C=CCC(CCC(C)c1cccc2ccccc12)c1ccccc1.C=Cc1ccc(C)cc1.C=O.CC.[HH]. The maximum Gasteiger partial charge on any atom is 0.106 e. The van der Waals surface area contributed by atoms with Crippen molar-refractivity contribution in [2.45, 2.75) is 84.5 Å². The Balaban J connectivity index is 0.000000768. The van der Waals surface area contributed by atoms with Gasteiger partial charge in [0, 0.05) is 1.43 Å². The van der Waals surface area contributed by atoms with Crippen LogP contribution >= 0.6 is 0 Å². The van der Waals surface area contributed by atoms with Crippen molar-refractivity contribution < 1.29 is 6.22 Å². The summed E-state index contributed by atoms with van der Waals surface area (Å²) in [5.41, 5.74) is 5.38. The molecule has 0 bridgehead atoms. The van der Waals surface area contributed by atoms with Crippen molar-refractivity contribution in [1.29, 1.82) is 0 Å². The molecule has 2 atom stereocenters. The zero-order valence-corrected chi connectivity index (χ0v) is 26.0. The van der Waals surface area contributed by atoms with E-state index in [1.807, 2.05) is 26.7 Å². The Labute approximate surface area is 252 Å². The Hall–Kier alpha value is -3.71. The summed E-state index contributed by atoms with van der Waals surface area (Å²) in [5.74, 6) is 1.13. The first-order chi connectivity index (χ1) is 20.1. The molecule has 220 valence electrons. The van der Waals surface area contributed by atoms with Gasteiger partial charge in [0.25, 0.3) is 0 Å². The zero-order valence-electron chi connectivity index (χ0n) is 26.0. The van der Waals surface area contributed by atoms with Gasteiger partial charge in [-0.05, 0) is 65.5 Å². The molecule has 1 aliphatic rings. The number of benzene rings is 4. The van der Waals surface area contributed by atoms with Gasteiger partial charge in [-0.2, -0.15) is 0 Å². The summed E-state index contributed by atoms with van der Waals surface area (Å²) in [6, 6.07) is 34.5. The van der Waals surface area contributed by atoms with Gasteiger partial charge < -0.3 is 4.79 Å². The first kappa shape index (κ1) is 35.3. The summed E-state index contributed by atoms with van der Waals surface area (Å²) in [4.78, 5) is 8.00. The lowest BCUT2D eigenvalue weighted by molar-refractivity contribution is -0.0980. The van der Waals surface area contributed by atoms with E-state index in [9.17, 15) is 0 Å². The number of aryl methyl sites for hydroxylation is 1. The third-order valence-electron chi connectivity index (χ3n) is 7.34. The predicted octanol–water partition coefficient (Wildman–Crippen LogP) is 12.4. The lowest BCUT2D eigenvalue weighted by Gasteiger charge is -2.20. The first-order valence-corrected chi connectivity index (χ1v) is 15.2. The molecule has 0 N–H and O–H groups in total. The molecule has 0 amide bonds. The highest BCUT2D eigenvalue weighted by molar-refractivity contribution is 5.86. The van der Waals surface area contributed by atoms with Gasteiger partial charge in [0.15, 0.2) is 0 Å². The molecule has 0 saturated heterocycles. The minimum absolute atomic E-state index is 0. The van der Waals surface area contributed by atoms with Gasteiger partial charge in [-0.25, -0.2) is 0 Å². The number of carbonyl (C=O) groups excluding carboxylic acids is 1. The second-order valence-corrected chi connectivity index (χ2v) is 10.2. The van der Waals surface area contributed by atoms with Crippen LogP contribution in [0.4, 0.5) is 0 Å². The molecule has 1 saturated carbocycles. The van der Waals surface area contributed by atoms with E-state index in [1.165, 1.54) is 71.6 Å². The number of allylic oxidation sites excluding steroid dienone is 1. The van der Waals surface area contributed by atoms with Crippen LogP contribution in [-0.2, 0) is 4.79 Å². The fourth-order valence-corrected chi connectivity index (χ4v) is 4.59. The third-order valence-corrected chi connectivity index (χ3v) is 7.34. The minimum Gasteiger partial charge on any atom is -0.307 e. The van der Waals surface area contributed by atoms with Crippen LogP contribution < -0.4 is 0 Å². The van der Waals surface area contributed by atoms with Crippen LogP contribution in [0.25, 0.3) is 16.8 Å². The van der Waals surface area contributed by atoms with E-state index < -0.39 is 0 Å². The van der Waals surface area contributed by atoms with Crippen molar-refractivity contribution in [3.05, 3.63) is 139 Å². The van der Waals surface area contributed by atoms with Crippen molar-refractivity contribution in [3.8, 4) is 0 Å². The van der Waals surface area contributed by atoms with E-state index in [0.717, 1.165) is 6.42 Å². The quantitative estimate of drug-likeness (QED) is 0.199. The normalized spacial score (nSPS) is 12.5. The van der Waals surface area contributed by atoms with E-state index in [1.54, 1.807) is 0 Å². The maximum absolute atomic E-state index is 8.00. The van der Waals surface area contributed by atoms with Crippen molar-refractivity contribution in [1.82, 2.24) is 0 Å². The van der Waals surface area contributed by atoms with E-state index in [2.05, 4.69) is 130 Å². The predicted molar refractivity (Wildman–Crippen MR) is 186 cm³/mol. The van der Waals surface area contributed by atoms with Crippen LogP contribution in [0, 0.1) is 6.92 Å². The Morgan fingerprint density at radius 3 is 1.85 bits per heavy atom. The number of hydrogen-bond acceptors (Lipinski definition) is 1. The Bertz CT molecular complexity index is 1220. The molecular formula is C40H54O. The summed E-state index contributed by atoms with van der Waals surface area (Å²) >= 11 is 0. The van der Waals surface area contributed by atoms with Crippen molar-refractivity contribution >= 4 is 23.6 Å². The monoisotopic (exact) mass is 550 g/mol. The smallest absolute Gasteiger partial charge is 0.106 e. The Morgan fingerprint density at radius 1 is 0.732 bits per heavy atom. The van der Waals surface area contributed by atoms with E-state index in [0.29, 0.717) is 11.8 Å². The first-order valence-electron chi connectivity index (χ1n) is 15.2. The highest BCUT2D eigenvalue weighted by Crippen LogP contribution is 2.33. The van der Waals surface area contributed by atoms with Crippen LogP contribution in [0.3, 0.4) is 0 Å². The van der Waals surface area contributed by atoms with E-state index in [-0.39, 0.29) is 1.43 Å². The average Bonchev–Trinajstić information content (AvgIpc) is 3.01. The zero-order chi connectivity index (χ0) is 30.3.